The number of rotatable bonds is 6. The summed E-state index contributed by atoms with van der Waals surface area (Å²) < 4.78 is 2.20. The molecule has 0 aromatic carbocycles. The van der Waals surface area contributed by atoms with Crippen molar-refractivity contribution in [3.8, 4) is 0 Å². The van der Waals surface area contributed by atoms with Gasteiger partial charge < -0.3 is 15.0 Å². The summed E-state index contributed by atoms with van der Waals surface area (Å²) >= 11 is 0. The van der Waals surface area contributed by atoms with Crippen molar-refractivity contribution in [2.45, 2.75) is 64.1 Å². The monoisotopic (exact) mass is 251 g/mol. The fourth-order valence-electron chi connectivity index (χ4n) is 2.83. The third-order valence-electron chi connectivity index (χ3n) is 4.02. The van der Waals surface area contributed by atoms with E-state index in [0.717, 1.165) is 32.4 Å². The van der Waals surface area contributed by atoms with Gasteiger partial charge >= 0.3 is 0 Å². The SMILES string of the molecule is CCCn1cncc1CNC1(CO)CCCCC1. The third kappa shape index (κ3) is 3.12. The fourth-order valence-corrected chi connectivity index (χ4v) is 2.83. The number of aliphatic hydroxyl groups is 1. The summed E-state index contributed by atoms with van der Waals surface area (Å²) in [5, 5.41) is 13.2. The first kappa shape index (κ1) is 13.6. The van der Waals surface area contributed by atoms with E-state index >= 15 is 0 Å². The number of nitrogens with zero attached hydrogens (tertiary/aromatic N) is 2. The predicted octanol–water partition coefficient (Wildman–Crippen LogP) is 2.08. The molecule has 1 aromatic heterocycles. The number of aryl methyl sites for hydroxylation is 1. The van der Waals surface area contributed by atoms with Crippen molar-refractivity contribution in [2.75, 3.05) is 6.61 Å². The maximum absolute atomic E-state index is 9.66. The van der Waals surface area contributed by atoms with Crippen LogP contribution in [0, 0.1) is 0 Å². The fraction of sp³-hybridized carbons (Fsp3) is 0.786. The van der Waals surface area contributed by atoms with Crippen LogP contribution in [0.2, 0.25) is 0 Å². The van der Waals surface area contributed by atoms with Crippen molar-refractivity contribution in [2.24, 2.45) is 0 Å². The number of imidazole rings is 1. The average Bonchev–Trinajstić information content (AvgIpc) is 2.86. The van der Waals surface area contributed by atoms with E-state index in [4.69, 9.17) is 0 Å². The molecule has 0 aliphatic heterocycles. The van der Waals surface area contributed by atoms with Crippen molar-refractivity contribution in [1.82, 2.24) is 14.9 Å². The van der Waals surface area contributed by atoms with Crippen LogP contribution in [0.5, 0.6) is 0 Å². The molecule has 102 valence electrons. The van der Waals surface area contributed by atoms with E-state index in [0.29, 0.717) is 0 Å². The number of aliphatic hydroxyl groups excluding tert-OH is 1. The second-order valence-corrected chi connectivity index (χ2v) is 5.43. The van der Waals surface area contributed by atoms with Crippen LogP contribution in [-0.2, 0) is 13.1 Å². The number of nitrogens with one attached hydrogen (secondary N) is 1. The van der Waals surface area contributed by atoms with Crippen molar-refractivity contribution >= 4 is 0 Å². The van der Waals surface area contributed by atoms with Crippen molar-refractivity contribution in [3.05, 3.63) is 18.2 Å². The molecule has 4 heteroatoms. The second kappa shape index (κ2) is 6.34. The topological polar surface area (TPSA) is 50.1 Å². The Morgan fingerprint density at radius 2 is 2.17 bits per heavy atom. The van der Waals surface area contributed by atoms with E-state index in [1.54, 1.807) is 0 Å². The molecule has 18 heavy (non-hydrogen) atoms. The molecule has 1 aliphatic rings. The van der Waals surface area contributed by atoms with Crippen LogP contribution < -0.4 is 5.32 Å². The van der Waals surface area contributed by atoms with Crippen molar-refractivity contribution < 1.29 is 5.11 Å². The van der Waals surface area contributed by atoms with E-state index in [9.17, 15) is 5.11 Å². The molecule has 2 N–H and O–H groups in total. The van der Waals surface area contributed by atoms with Gasteiger partial charge in [-0.15, -0.1) is 0 Å². The molecule has 0 saturated heterocycles. The summed E-state index contributed by atoms with van der Waals surface area (Å²) in [7, 11) is 0. The molecule has 2 rings (SSSR count). The smallest absolute Gasteiger partial charge is 0.0948 e. The van der Waals surface area contributed by atoms with Crippen molar-refractivity contribution in [3.63, 3.8) is 0 Å². The molecule has 1 aromatic rings. The van der Waals surface area contributed by atoms with Crippen LogP contribution in [-0.4, -0.2) is 26.8 Å². The molecular weight excluding hydrogens is 226 g/mol. The Hall–Kier alpha value is -0.870. The zero-order chi connectivity index (χ0) is 12.8. The van der Waals surface area contributed by atoms with E-state index in [1.165, 1.54) is 25.0 Å². The molecule has 1 fully saturated rings. The number of aromatic nitrogens is 2. The van der Waals surface area contributed by atoms with E-state index in [-0.39, 0.29) is 12.1 Å². The van der Waals surface area contributed by atoms with Gasteiger partial charge in [-0.25, -0.2) is 4.98 Å². The van der Waals surface area contributed by atoms with Gasteiger partial charge in [-0.1, -0.05) is 26.2 Å². The lowest BCUT2D eigenvalue weighted by Crippen LogP contribution is -2.49. The summed E-state index contributed by atoms with van der Waals surface area (Å²) in [5.41, 5.74) is 1.16. The van der Waals surface area contributed by atoms with Crippen LogP contribution in [0.1, 0.15) is 51.1 Å². The highest BCUT2D eigenvalue weighted by atomic mass is 16.3. The Balaban J connectivity index is 1.94. The van der Waals surface area contributed by atoms with E-state index in [2.05, 4.69) is 21.8 Å². The summed E-state index contributed by atoms with van der Waals surface area (Å²) in [6, 6.07) is 0. The quantitative estimate of drug-likeness (QED) is 0.814. The molecule has 0 unspecified atom stereocenters. The minimum absolute atomic E-state index is 0.0560. The van der Waals surface area contributed by atoms with Crippen molar-refractivity contribution in [1.29, 1.82) is 0 Å². The first-order valence-corrected chi connectivity index (χ1v) is 7.14. The highest BCUT2D eigenvalue weighted by molar-refractivity contribution is 5.01. The molecule has 1 heterocycles. The van der Waals surface area contributed by atoms with E-state index in [1.807, 2.05) is 12.5 Å². The first-order chi connectivity index (χ1) is 8.79. The number of hydrogen-bond acceptors (Lipinski definition) is 3. The summed E-state index contributed by atoms with van der Waals surface area (Å²) in [6.07, 6.45) is 10.9. The molecule has 0 spiro atoms. The highest BCUT2D eigenvalue weighted by Gasteiger charge is 2.30. The molecule has 0 amide bonds. The Morgan fingerprint density at radius 3 is 2.83 bits per heavy atom. The largest absolute Gasteiger partial charge is 0.394 e. The molecular formula is C14H25N3O. The van der Waals surface area contributed by atoms with Gasteiger partial charge in [0.15, 0.2) is 0 Å². The summed E-state index contributed by atoms with van der Waals surface area (Å²) in [4.78, 5) is 4.21. The van der Waals surface area contributed by atoms with Gasteiger partial charge in [0, 0.05) is 24.8 Å². The first-order valence-electron chi connectivity index (χ1n) is 7.14. The van der Waals surface area contributed by atoms with Crippen LogP contribution in [0.4, 0.5) is 0 Å². The molecule has 0 atom stereocenters. The third-order valence-corrected chi connectivity index (χ3v) is 4.02. The van der Waals surface area contributed by atoms with Gasteiger partial charge in [-0.2, -0.15) is 0 Å². The Labute approximate surface area is 109 Å². The van der Waals surface area contributed by atoms with Gasteiger partial charge in [-0.3, -0.25) is 0 Å². The Morgan fingerprint density at radius 1 is 1.39 bits per heavy atom. The lowest BCUT2D eigenvalue weighted by molar-refractivity contribution is 0.119. The minimum Gasteiger partial charge on any atom is -0.394 e. The van der Waals surface area contributed by atoms with Gasteiger partial charge in [0.2, 0.25) is 0 Å². The standard InChI is InChI=1S/C14H25N3O/c1-2-8-17-12-15-9-13(17)10-16-14(11-18)6-4-3-5-7-14/h9,12,16,18H,2-8,10-11H2,1H3. The summed E-state index contributed by atoms with van der Waals surface area (Å²) in [5.74, 6) is 0. The minimum atomic E-state index is -0.0560. The van der Waals surface area contributed by atoms with Gasteiger partial charge in [-0.05, 0) is 19.3 Å². The zero-order valence-corrected chi connectivity index (χ0v) is 11.4. The average molecular weight is 251 g/mol. The van der Waals surface area contributed by atoms with Gasteiger partial charge in [0.1, 0.15) is 0 Å². The van der Waals surface area contributed by atoms with Crippen LogP contribution in [0.25, 0.3) is 0 Å². The zero-order valence-electron chi connectivity index (χ0n) is 11.4. The van der Waals surface area contributed by atoms with Gasteiger partial charge in [0.05, 0.1) is 18.6 Å². The lowest BCUT2D eigenvalue weighted by atomic mass is 9.82. The Kier molecular flexibility index (Phi) is 4.78. The molecule has 0 bridgehead atoms. The van der Waals surface area contributed by atoms with Crippen LogP contribution in [0.3, 0.4) is 0 Å². The van der Waals surface area contributed by atoms with E-state index < -0.39 is 0 Å². The predicted molar refractivity (Wildman–Crippen MR) is 72.3 cm³/mol. The molecule has 1 saturated carbocycles. The van der Waals surface area contributed by atoms with Crippen LogP contribution in [0.15, 0.2) is 12.5 Å². The number of hydrogen-bond donors (Lipinski definition) is 2. The van der Waals surface area contributed by atoms with Crippen LogP contribution >= 0.6 is 0 Å². The highest BCUT2D eigenvalue weighted by Crippen LogP contribution is 2.28. The molecule has 4 nitrogen and oxygen atoms in total. The summed E-state index contributed by atoms with van der Waals surface area (Å²) in [6.45, 7) is 4.24. The molecule has 0 radical (unpaired) electrons. The normalized spacial score (nSPS) is 19.0. The maximum Gasteiger partial charge on any atom is 0.0948 e. The maximum atomic E-state index is 9.66. The lowest BCUT2D eigenvalue weighted by Gasteiger charge is -2.36. The molecule has 1 aliphatic carbocycles. The van der Waals surface area contributed by atoms with Gasteiger partial charge in [0.25, 0.3) is 0 Å². The second-order valence-electron chi connectivity index (χ2n) is 5.43. The Bertz CT molecular complexity index is 356.